The van der Waals surface area contributed by atoms with Crippen molar-refractivity contribution in [1.29, 1.82) is 0 Å². The molecule has 0 bridgehead atoms. The Hall–Kier alpha value is -0.990. The van der Waals surface area contributed by atoms with Crippen molar-refractivity contribution in [3.63, 3.8) is 0 Å². The average Bonchev–Trinajstić information content (AvgIpc) is 2.57. The highest BCUT2D eigenvalue weighted by atomic mass is 16.2. The minimum Gasteiger partial charge on any atom is -0.341 e. The molecule has 0 aromatic carbocycles. The SMILES string of the molecule is CNC(=O)NCCC1=CCCC1. The lowest BCUT2D eigenvalue weighted by molar-refractivity contribution is 0.243. The lowest BCUT2D eigenvalue weighted by Crippen LogP contribution is -2.33. The fourth-order valence-corrected chi connectivity index (χ4v) is 1.39. The predicted molar refractivity (Wildman–Crippen MR) is 49.0 cm³/mol. The van der Waals surface area contributed by atoms with Crippen molar-refractivity contribution in [1.82, 2.24) is 10.6 Å². The molecule has 3 nitrogen and oxygen atoms in total. The summed E-state index contributed by atoms with van der Waals surface area (Å²) in [6.07, 6.45) is 7.01. The number of carbonyl (C=O) groups excluding carboxylic acids is 1. The summed E-state index contributed by atoms with van der Waals surface area (Å²) in [7, 11) is 1.63. The van der Waals surface area contributed by atoms with Gasteiger partial charge in [0.2, 0.25) is 0 Å². The second kappa shape index (κ2) is 4.80. The smallest absolute Gasteiger partial charge is 0.314 e. The van der Waals surface area contributed by atoms with Crippen LogP contribution < -0.4 is 10.6 Å². The number of allylic oxidation sites excluding steroid dienone is 1. The molecule has 3 heteroatoms. The third-order valence-electron chi connectivity index (χ3n) is 2.09. The minimum absolute atomic E-state index is 0.0893. The Bertz CT molecular complexity index is 187. The van der Waals surface area contributed by atoms with Crippen LogP contribution in [0, 0.1) is 0 Å². The van der Waals surface area contributed by atoms with E-state index in [1.54, 1.807) is 7.05 Å². The summed E-state index contributed by atoms with van der Waals surface area (Å²) in [6.45, 7) is 0.755. The molecule has 0 saturated carbocycles. The third kappa shape index (κ3) is 2.95. The molecule has 0 heterocycles. The van der Waals surface area contributed by atoms with E-state index < -0.39 is 0 Å². The molecule has 0 unspecified atom stereocenters. The second-order valence-electron chi connectivity index (χ2n) is 3.01. The molecule has 2 N–H and O–H groups in total. The normalized spacial score (nSPS) is 15.6. The number of urea groups is 1. The maximum atomic E-state index is 10.7. The molecule has 0 radical (unpaired) electrons. The number of carbonyl (C=O) groups is 1. The van der Waals surface area contributed by atoms with Crippen LogP contribution in [0.15, 0.2) is 11.6 Å². The summed E-state index contributed by atoms with van der Waals surface area (Å²) in [5.74, 6) is 0. The van der Waals surface area contributed by atoms with Crippen LogP contribution in [-0.2, 0) is 0 Å². The summed E-state index contributed by atoms with van der Waals surface area (Å²) in [5.41, 5.74) is 1.49. The zero-order valence-electron chi connectivity index (χ0n) is 7.52. The van der Waals surface area contributed by atoms with Crippen LogP contribution in [0.2, 0.25) is 0 Å². The van der Waals surface area contributed by atoms with Gasteiger partial charge in [0.25, 0.3) is 0 Å². The molecular weight excluding hydrogens is 152 g/mol. The Morgan fingerprint density at radius 1 is 1.67 bits per heavy atom. The lowest BCUT2D eigenvalue weighted by atomic mass is 10.2. The molecule has 0 aromatic heterocycles. The van der Waals surface area contributed by atoms with Crippen LogP contribution in [0.5, 0.6) is 0 Å². The van der Waals surface area contributed by atoms with Gasteiger partial charge in [-0.05, 0) is 25.7 Å². The van der Waals surface area contributed by atoms with Crippen molar-refractivity contribution in [2.45, 2.75) is 25.7 Å². The van der Waals surface area contributed by atoms with Crippen molar-refractivity contribution in [2.75, 3.05) is 13.6 Å². The Labute approximate surface area is 73.2 Å². The largest absolute Gasteiger partial charge is 0.341 e. The number of hydrogen-bond donors (Lipinski definition) is 2. The van der Waals surface area contributed by atoms with Gasteiger partial charge in [0.1, 0.15) is 0 Å². The summed E-state index contributed by atoms with van der Waals surface area (Å²) >= 11 is 0. The molecule has 0 spiro atoms. The summed E-state index contributed by atoms with van der Waals surface area (Å²) in [6, 6.07) is -0.0893. The molecule has 0 fully saturated rings. The van der Waals surface area contributed by atoms with Gasteiger partial charge in [0.15, 0.2) is 0 Å². The van der Waals surface area contributed by atoms with Crippen LogP contribution in [-0.4, -0.2) is 19.6 Å². The molecule has 2 amide bonds. The number of nitrogens with one attached hydrogen (secondary N) is 2. The zero-order valence-corrected chi connectivity index (χ0v) is 7.52. The first-order valence-corrected chi connectivity index (χ1v) is 4.46. The Morgan fingerprint density at radius 3 is 3.08 bits per heavy atom. The van der Waals surface area contributed by atoms with Gasteiger partial charge in [-0.2, -0.15) is 0 Å². The highest BCUT2D eigenvalue weighted by Gasteiger charge is 2.04. The van der Waals surface area contributed by atoms with E-state index in [4.69, 9.17) is 0 Å². The quantitative estimate of drug-likeness (QED) is 0.615. The van der Waals surface area contributed by atoms with Gasteiger partial charge in [-0.1, -0.05) is 11.6 Å². The molecule has 0 atom stereocenters. The first-order valence-electron chi connectivity index (χ1n) is 4.46. The topological polar surface area (TPSA) is 41.1 Å². The molecule has 12 heavy (non-hydrogen) atoms. The first-order chi connectivity index (χ1) is 5.83. The van der Waals surface area contributed by atoms with Gasteiger partial charge in [-0.15, -0.1) is 0 Å². The highest BCUT2D eigenvalue weighted by molar-refractivity contribution is 5.73. The highest BCUT2D eigenvalue weighted by Crippen LogP contribution is 2.19. The van der Waals surface area contributed by atoms with Crippen LogP contribution in [0.3, 0.4) is 0 Å². The molecule has 0 aliphatic heterocycles. The van der Waals surface area contributed by atoms with Crippen LogP contribution in [0.4, 0.5) is 4.79 Å². The standard InChI is InChI=1S/C9H16N2O/c1-10-9(12)11-7-6-8-4-2-3-5-8/h4H,2-3,5-7H2,1H3,(H2,10,11,12). The van der Waals surface area contributed by atoms with E-state index in [1.165, 1.54) is 24.8 Å². The molecule has 68 valence electrons. The van der Waals surface area contributed by atoms with E-state index in [9.17, 15) is 4.79 Å². The average molecular weight is 168 g/mol. The monoisotopic (exact) mass is 168 g/mol. The van der Waals surface area contributed by atoms with E-state index in [0.29, 0.717) is 0 Å². The van der Waals surface area contributed by atoms with E-state index in [1.807, 2.05) is 0 Å². The number of hydrogen-bond acceptors (Lipinski definition) is 1. The molecule has 0 aromatic rings. The van der Waals surface area contributed by atoms with Gasteiger partial charge in [0, 0.05) is 13.6 Å². The molecule has 1 aliphatic rings. The Balaban J connectivity index is 2.05. The summed E-state index contributed by atoms with van der Waals surface area (Å²) < 4.78 is 0. The maximum absolute atomic E-state index is 10.7. The predicted octanol–water partition coefficient (Wildman–Crippen LogP) is 1.42. The van der Waals surface area contributed by atoms with Gasteiger partial charge in [-0.25, -0.2) is 4.79 Å². The van der Waals surface area contributed by atoms with Crippen LogP contribution >= 0.6 is 0 Å². The molecule has 1 aliphatic carbocycles. The molecule has 0 saturated heterocycles. The summed E-state index contributed by atoms with van der Waals surface area (Å²) in [5, 5.41) is 5.29. The van der Waals surface area contributed by atoms with E-state index in [2.05, 4.69) is 16.7 Å². The van der Waals surface area contributed by atoms with Gasteiger partial charge >= 0.3 is 6.03 Å². The van der Waals surface area contributed by atoms with Crippen LogP contribution in [0.1, 0.15) is 25.7 Å². The Kier molecular flexibility index (Phi) is 3.64. The fourth-order valence-electron chi connectivity index (χ4n) is 1.39. The number of rotatable bonds is 3. The van der Waals surface area contributed by atoms with Gasteiger partial charge in [-0.3, -0.25) is 0 Å². The maximum Gasteiger partial charge on any atom is 0.314 e. The molecule has 1 rings (SSSR count). The first kappa shape index (κ1) is 9.10. The Morgan fingerprint density at radius 2 is 2.50 bits per heavy atom. The zero-order chi connectivity index (χ0) is 8.81. The van der Waals surface area contributed by atoms with E-state index in [0.717, 1.165) is 13.0 Å². The third-order valence-corrected chi connectivity index (χ3v) is 2.09. The van der Waals surface area contributed by atoms with Crippen molar-refractivity contribution in [3.8, 4) is 0 Å². The van der Waals surface area contributed by atoms with Crippen molar-refractivity contribution in [2.24, 2.45) is 0 Å². The summed E-state index contributed by atoms with van der Waals surface area (Å²) in [4.78, 5) is 10.7. The van der Waals surface area contributed by atoms with Gasteiger partial charge in [0.05, 0.1) is 0 Å². The van der Waals surface area contributed by atoms with E-state index >= 15 is 0 Å². The molecular formula is C9H16N2O. The fraction of sp³-hybridized carbons (Fsp3) is 0.667. The van der Waals surface area contributed by atoms with Crippen LogP contribution in [0.25, 0.3) is 0 Å². The van der Waals surface area contributed by atoms with Crippen molar-refractivity contribution < 1.29 is 4.79 Å². The van der Waals surface area contributed by atoms with Crippen molar-refractivity contribution in [3.05, 3.63) is 11.6 Å². The van der Waals surface area contributed by atoms with Crippen molar-refractivity contribution >= 4 is 6.03 Å². The lowest BCUT2D eigenvalue weighted by Gasteiger charge is -2.04. The minimum atomic E-state index is -0.0893. The number of amides is 2. The van der Waals surface area contributed by atoms with Gasteiger partial charge < -0.3 is 10.6 Å². The second-order valence-corrected chi connectivity index (χ2v) is 3.01. The van der Waals surface area contributed by atoms with E-state index in [-0.39, 0.29) is 6.03 Å².